The topological polar surface area (TPSA) is 58.6 Å². The monoisotopic (exact) mass is 282 g/mol. The van der Waals surface area contributed by atoms with E-state index < -0.39 is 30.3 Å². The number of alkyl halides is 2. The van der Waals surface area contributed by atoms with Gasteiger partial charge in [0.1, 0.15) is 0 Å². The van der Waals surface area contributed by atoms with Crippen LogP contribution in [0.25, 0.3) is 0 Å². The molecule has 1 aromatic rings. The number of carbonyl (C=O) groups excluding carboxylic acids is 2. The van der Waals surface area contributed by atoms with Crippen LogP contribution in [0.1, 0.15) is 27.1 Å². The van der Waals surface area contributed by atoms with E-state index in [9.17, 15) is 18.4 Å². The summed E-state index contributed by atoms with van der Waals surface area (Å²) in [7, 11) is 0. The van der Waals surface area contributed by atoms with Crippen LogP contribution in [0.15, 0.2) is 24.3 Å². The Balaban J connectivity index is 1.66. The van der Waals surface area contributed by atoms with Gasteiger partial charge in [-0.1, -0.05) is 12.1 Å². The van der Waals surface area contributed by atoms with Crippen LogP contribution >= 0.6 is 0 Å². The molecule has 1 saturated heterocycles. The second-order valence-corrected chi connectivity index (χ2v) is 4.88. The molecule has 1 aromatic carbocycles. The molecule has 7 heteroatoms. The third kappa shape index (κ3) is 2.19. The summed E-state index contributed by atoms with van der Waals surface area (Å²) in [6, 6.07) is 5.77. The second kappa shape index (κ2) is 4.60. The van der Waals surface area contributed by atoms with Gasteiger partial charge in [0.25, 0.3) is 17.7 Å². The van der Waals surface area contributed by atoms with E-state index in [1.165, 1.54) is 12.1 Å². The number of imide groups is 1. The van der Waals surface area contributed by atoms with Gasteiger partial charge in [-0.15, -0.1) is 5.06 Å². The first kappa shape index (κ1) is 13.1. The van der Waals surface area contributed by atoms with E-state index in [0.717, 1.165) is 0 Å². The minimum absolute atomic E-state index is 0.152. The number of hydrogen-bond acceptors (Lipinski definition) is 4. The fourth-order valence-electron chi connectivity index (χ4n) is 2.37. The van der Waals surface area contributed by atoms with Crippen molar-refractivity contribution in [2.24, 2.45) is 0 Å². The molecule has 3 rings (SSSR count). The van der Waals surface area contributed by atoms with Crippen LogP contribution in [0.4, 0.5) is 8.78 Å². The van der Waals surface area contributed by atoms with E-state index in [-0.39, 0.29) is 24.2 Å². The number of amides is 2. The number of hydroxylamine groups is 2. The number of hydrogen-bond donors (Lipinski definition) is 1. The fraction of sp³-hybridized carbons (Fsp3) is 0.385. The molecule has 20 heavy (non-hydrogen) atoms. The zero-order valence-electron chi connectivity index (χ0n) is 10.4. The highest BCUT2D eigenvalue weighted by atomic mass is 19.3. The van der Waals surface area contributed by atoms with Crippen molar-refractivity contribution in [1.82, 2.24) is 10.4 Å². The Hall–Kier alpha value is -1.86. The molecule has 106 valence electrons. The fourth-order valence-corrected chi connectivity index (χ4v) is 2.37. The number of carbonyl (C=O) groups is 2. The molecule has 0 spiro atoms. The van der Waals surface area contributed by atoms with Gasteiger partial charge < -0.3 is 5.32 Å². The van der Waals surface area contributed by atoms with Crippen molar-refractivity contribution in [3.8, 4) is 0 Å². The van der Waals surface area contributed by atoms with Crippen molar-refractivity contribution in [3.63, 3.8) is 0 Å². The largest absolute Gasteiger partial charge is 0.306 e. The lowest BCUT2D eigenvalue weighted by molar-refractivity contribution is -0.0982. The maximum Gasteiger partial charge on any atom is 0.285 e. The van der Waals surface area contributed by atoms with Gasteiger partial charge in [-0.05, 0) is 12.1 Å². The minimum Gasteiger partial charge on any atom is -0.306 e. The highest BCUT2D eigenvalue weighted by Crippen LogP contribution is 2.27. The number of benzene rings is 1. The molecular formula is C13H12F2N2O3. The lowest BCUT2D eigenvalue weighted by atomic mass is 10.1. The van der Waals surface area contributed by atoms with Crippen LogP contribution in [0.2, 0.25) is 0 Å². The molecule has 1 N–H and O–H groups in total. The highest BCUT2D eigenvalue weighted by Gasteiger charge is 2.41. The molecular weight excluding hydrogens is 270 g/mol. The Labute approximate surface area is 113 Å². The van der Waals surface area contributed by atoms with Gasteiger partial charge in [0.2, 0.25) is 0 Å². The summed E-state index contributed by atoms with van der Waals surface area (Å²) in [5, 5.41) is 3.24. The smallest absolute Gasteiger partial charge is 0.285 e. The van der Waals surface area contributed by atoms with Gasteiger partial charge in [0.05, 0.1) is 24.3 Å². The van der Waals surface area contributed by atoms with Crippen LogP contribution in [-0.4, -0.2) is 42.0 Å². The molecule has 1 fully saturated rings. The summed E-state index contributed by atoms with van der Waals surface area (Å²) in [6.45, 7) is -0.565. The standard InChI is InChI=1S/C13H12F2N2O3/c14-13(15)5-8(16-7-13)6-20-17-11(18)9-3-1-2-4-10(9)12(17)19/h1-4,8,16H,5-7H2. The van der Waals surface area contributed by atoms with E-state index in [1.54, 1.807) is 12.1 Å². The molecule has 2 aliphatic rings. The Kier molecular flexibility index (Phi) is 3.02. The van der Waals surface area contributed by atoms with Crippen molar-refractivity contribution in [2.45, 2.75) is 18.4 Å². The Morgan fingerprint density at radius 2 is 1.85 bits per heavy atom. The summed E-state index contributed by atoms with van der Waals surface area (Å²) in [5.41, 5.74) is 0.532. The Bertz CT molecular complexity index is 541. The average molecular weight is 282 g/mol. The molecule has 1 unspecified atom stereocenters. The van der Waals surface area contributed by atoms with E-state index in [2.05, 4.69) is 5.32 Å². The Morgan fingerprint density at radius 3 is 2.35 bits per heavy atom. The predicted octanol–water partition coefficient (Wildman–Crippen LogP) is 1.21. The molecule has 1 atom stereocenters. The van der Waals surface area contributed by atoms with Crippen molar-refractivity contribution in [2.75, 3.05) is 13.2 Å². The summed E-state index contributed by atoms with van der Waals surface area (Å²) in [6.07, 6.45) is -0.365. The van der Waals surface area contributed by atoms with Gasteiger partial charge in [0.15, 0.2) is 0 Å². The van der Waals surface area contributed by atoms with Gasteiger partial charge in [-0.25, -0.2) is 8.78 Å². The van der Waals surface area contributed by atoms with Crippen LogP contribution in [-0.2, 0) is 4.84 Å². The molecule has 2 heterocycles. The first-order chi connectivity index (χ1) is 9.48. The molecule has 0 aliphatic carbocycles. The van der Waals surface area contributed by atoms with Crippen LogP contribution in [0.3, 0.4) is 0 Å². The molecule has 0 radical (unpaired) electrons. The number of fused-ring (bicyclic) bond motifs is 1. The zero-order chi connectivity index (χ0) is 14.3. The third-order valence-electron chi connectivity index (χ3n) is 3.36. The molecule has 0 saturated carbocycles. The van der Waals surface area contributed by atoms with E-state index in [1.807, 2.05) is 0 Å². The third-order valence-corrected chi connectivity index (χ3v) is 3.36. The van der Waals surface area contributed by atoms with Crippen molar-refractivity contribution in [3.05, 3.63) is 35.4 Å². The van der Waals surface area contributed by atoms with E-state index in [0.29, 0.717) is 5.06 Å². The maximum atomic E-state index is 13.0. The van der Waals surface area contributed by atoms with Gasteiger partial charge >= 0.3 is 0 Å². The number of nitrogens with zero attached hydrogens (tertiary/aromatic N) is 1. The molecule has 2 aliphatic heterocycles. The lowest BCUT2D eigenvalue weighted by Gasteiger charge is -2.16. The van der Waals surface area contributed by atoms with Crippen LogP contribution in [0, 0.1) is 0 Å². The predicted molar refractivity (Wildman–Crippen MR) is 64.2 cm³/mol. The van der Waals surface area contributed by atoms with Crippen molar-refractivity contribution < 1.29 is 23.2 Å². The van der Waals surface area contributed by atoms with Crippen LogP contribution in [0.5, 0.6) is 0 Å². The average Bonchev–Trinajstić information content (AvgIpc) is 2.88. The quantitative estimate of drug-likeness (QED) is 0.847. The molecule has 5 nitrogen and oxygen atoms in total. The summed E-state index contributed by atoms with van der Waals surface area (Å²) in [5.74, 6) is -3.89. The highest BCUT2D eigenvalue weighted by molar-refractivity contribution is 6.20. The first-order valence-electron chi connectivity index (χ1n) is 6.20. The first-order valence-corrected chi connectivity index (χ1v) is 6.20. The SMILES string of the molecule is O=C1c2ccccc2C(=O)N1OCC1CC(F)(F)CN1. The summed E-state index contributed by atoms with van der Waals surface area (Å²) >= 11 is 0. The van der Waals surface area contributed by atoms with Gasteiger partial charge in [-0.2, -0.15) is 0 Å². The summed E-state index contributed by atoms with van der Waals surface area (Å²) in [4.78, 5) is 29.0. The lowest BCUT2D eigenvalue weighted by Crippen LogP contribution is -2.36. The van der Waals surface area contributed by atoms with E-state index in [4.69, 9.17) is 4.84 Å². The van der Waals surface area contributed by atoms with Crippen molar-refractivity contribution in [1.29, 1.82) is 0 Å². The van der Waals surface area contributed by atoms with Gasteiger partial charge in [-0.3, -0.25) is 14.4 Å². The molecule has 0 aromatic heterocycles. The molecule has 0 bridgehead atoms. The maximum absolute atomic E-state index is 13.0. The number of nitrogens with one attached hydrogen (secondary N) is 1. The minimum atomic E-state index is -2.77. The van der Waals surface area contributed by atoms with E-state index >= 15 is 0 Å². The normalized spacial score (nSPS) is 24.3. The Morgan fingerprint density at radius 1 is 1.25 bits per heavy atom. The zero-order valence-corrected chi connectivity index (χ0v) is 10.4. The van der Waals surface area contributed by atoms with Gasteiger partial charge in [0, 0.05) is 12.5 Å². The number of halogens is 2. The number of rotatable bonds is 3. The van der Waals surface area contributed by atoms with Crippen LogP contribution < -0.4 is 5.32 Å². The van der Waals surface area contributed by atoms with Crippen molar-refractivity contribution >= 4 is 11.8 Å². The second-order valence-electron chi connectivity index (χ2n) is 4.88. The molecule has 2 amide bonds. The summed E-state index contributed by atoms with van der Waals surface area (Å²) < 4.78 is 26.0.